The van der Waals surface area contributed by atoms with Gasteiger partial charge in [-0.25, -0.2) is 0 Å². The lowest BCUT2D eigenvalue weighted by Gasteiger charge is -2.00. The Morgan fingerprint density at radius 3 is 2.86 bits per heavy atom. The molecule has 3 N–H and O–H groups in total. The minimum absolute atomic E-state index is 0.555. The highest BCUT2D eigenvalue weighted by atomic mass is 16.5. The fourth-order valence-corrected chi connectivity index (χ4v) is 1.75. The molecule has 0 saturated carbocycles. The summed E-state index contributed by atoms with van der Waals surface area (Å²) in [4.78, 5) is 3.29. The lowest BCUT2D eigenvalue weighted by molar-refractivity contribution is 0.415. The van der Waals surface area contributed by atoms with Crippen molar-refractivity contribution in [3.05, 3.63) is 29.5 Å². The molecule has 0 unspecified atom stereocenters. The standard InChI is InChI=1S/C11H14N2O/c1-7-10(6-12)9-5-8(14-2)3-4-11(9)13-7/h3-5,13H,6,12H2,1-2H3. The zero-order valence-corrected chi connectivity index (χ0v) is 8.42. The maximum absolute atomic E-state index is 5.69. The lowest BCUT2D eigenvalue weighted by Crippen LogP contribution is -1.96. The SMILES string of the molecule is COc1ccc2[nH]c(C)c(CN)c2c1. The van der Waals surface area contributed by atoms with E-state index in [1.807, 2.05) is 25.1 Å². The maximum Gasteiger partial charge on any atom is 0.119 e. The number of hydrogen-bond acceptors (Lipinski definition) is 2. The summed E-state index contributed by atoms with van der Waals surface area (Å²) in [5.74, 6) is 0.867. The van der Waals surface area contributed by atoms with E-state index in [1.54, 1.807) is 7.11 Å². The van der Waals surface area contributed by atoms with E-state index in [1.165, 1.54) is 5.56 Å². The van der Waals surface area contributed by atoms with Crippen LogP contribution in [-0.4, -0.2) is 12.1 Å². The van der Waals surface area contributed by atoms with Crippen LogP contribution in [0.1, 0.15) is 11.3 Å². The zero-order valence-electron chi connectivity index (χ0n) is 8.42. The molecule has 0 bridgehead atoms. The number of ether oxygens (including phenoxy) is 1. The Bertz CT molecular complexity index is 460. The second kappa shape index (κ2) is 3.35. The van der Waals surface area contributed by atoms with Gasteiger partial charge in [-0.05, 0) is 30.7 Å². The molecule has 0 aliphatic carbocycles. The first-order valence-electron chi connectivity index (χ1n) is 4.61. The Kier molecular flexibility index (Phi) is 2.17. The topological polar surface area (TPSA) is 51.0 Å². The number of aromatic nitrogens is 1. The van der Waals surface area contributed by atoms with Gasteiger partial charge in [0, 0.05) is 23.1 Å². The number of fused-ring (bicyclic) bond motifs is 1. The third-order valence-corrected chi connectivity index (χ3v) is 2.53. The number of nitrogens with one attached hydrogen (secondary N) is 1. The summed E-state index contributed by atoms with van der Waals surface area (Å²) in [6, 6.07) is 5.97. The molecule has 0 saturated heterocycles. The summed E-state index contributed by atoms with van der Waals surface area (Å²) in [5.41, 5.74) is 9.11. The van der Waals surface area contributed by atoms with Gasteiger partial charge in [-0.2, -0.15) is 0 Å². The third-order valence-electron chi connectivity index (χ3n) is 2.53. The van der Waals surface area contributed by atoms with E-state index in [4.69, 9.17) is 10.5 Å². The first kappa shape index (κ1) is 9.09. The Morgan fingerprint density at radius 1 is 1.43 bits per heavy atom. The maximum atomic E-state index is 5.69. The molecular formula is C11H14N2O. The summed E-state index contributed by atoms with van der Waals surface area (Å²) in [7, 11) is 1.67. The van der Waals surface area contributed by atoms with Gasteiger partial charge in [0.05, 0.1) is 7.11 Å². The Morgan fingerprint density at radius 2 is 2.21 bits per heavy atom. The normalized spacial score (nSPS) is 10.8. The summed E-state index contributed by atoms with van der Waals surface area (Å²) in [6.45, 7) is 2.59. The van der Waals surface area contributed by atoms with Crippen LogP contribution in [0.5, 0.6) is 5.75 Å². The number of aryl methyl sites for hydroxylation is 1. The molecule has 0 fully saturated rings. The molecule has 2 aromatic rings. The average molecular weight is 190 g/mol. The van der Waals surface area contributed by atoms with Crippen molar-refractivity contribution >= 4 is 10.9 Å². The van der Waals surface area contributed by atoms with Crippen LogP contribution < -0.4 is 10.5 Å². The van der Waals surface area contributed by atoms with Gasteiger partial charge < -0.3 is 15.5 Å². The van der Waals surface area contributed by atoms with Gasteiger partial charge in [0.15, 0.2) is 0 Å². The second-order valence-electron chi connectivity index (χ2n) is 3.34. The largest absolute Gasteiger partial charge is 0.497 e. The quantitative estimate of drug-likeness (QED) is 0.760. The van der Waals surface area contributed by atoms with Crippen molar-refractivity contribution in [2.24, 2.45) is 5.73 Å². The minimum Gasteiger partial charge on any atom is -0.497 e. The van der Waals surface area contributed by atoms with Crippen molar-refractivity contribution in [1.29, 1.82) is 0 Å². The minimum atomic E-state index is 0.555. The number of H-pyrrole nitrogens is 1. The van der Waals surface area contributed by atoms with Crippen LogP contribution in [-0.2, 0) is 6.54 Å². The van der Waals surface area contributed by atoms with Crippen LogP contribution in [0.25, 0.3) is 10.9 Å². The number of methoxy groups -OCH3 is 1. The van der Waals surface area contributed by atoms with Crippen molar-refractivity contribution in [2.75, 3.05) is 7.11 Å². The molecule has 3 heteroatoms. The monoisotopic (exact) mass is 190 g/mol. The van der Waals surface area contributed by atoms with Crippen LogP contribution >= 0.6 is 0 Å². The predicted octanol–water partition coefficient (Wildman–Crippen LogP) is 1.94. The smallest absolute Gasteiger partial charge is 0.119 e. The van der Waals surface area contributed by atoms with Crippen LogP contribution in [0.2, 0.25) is 0 Å². The van der Waals surface area contributed by atoms with E-state index in [-0.39, 0.29) is 0 Å². The Labute approximate surface area is 82.9 Å². The number of nitrogens with two attached hydrogens (primary N) is 1. The first-order chi connectivity index (χ1) is 6.76. The van der Waals surface area contributed by atoms with Crippen molar-refractivity contribution in [1.82, 2.24) is 4.98 Å². The Hall–Kier alpha value is -1.48. The van der Waals surface area contributed by atoms with Crippen LogP contribution in [0.4, 0.5) is 0 Å². The van der Waals surface area contributed by atoms with Crippen molar-refractivity contribution < 1.29 is 4.74 Å². The molecule has 1 aromatic heterocycles. The third kappa shape index (κ3) is 1.26. The molecule has 0 aliphatic heterocycles. The highest BCUT2D eigenvalue weighted by Crippen LogP contribution is 2.25. The number of aromatic amines is 1. The molecule has 14 heavy (non-hydrogen) atoms. The molecule has 74 valence electrons. The average Bonchev–Trinajstić information content (AvgIpc) is 2.52. The van der Waals surface area contributed by atoms with Crippen molar-refractivity contribution in [2.45, 2.75) is 13.5 Å². The van der Waals surface area contributed by atoms with Gasteiger partial charge in [-0.15, -0.1) is 0 Å². The van der Waals surface area contributed by atoms with Gasteiger partial charge in [-0.1, -0.05) is 0 Å². The van der Waals surface area contributed by atoms with Crippen molar-refractivity contribution in [3.63, 3.8) is 0 Å². The number of hydrogen-bond donors (Lipinski definition) is 2. The van der Waals surface area contributed by atoms with E-state index < -0.39 is 0 Å². The van der Waals surface area contributed by atoms with Crippen LogP contribution in [0.3, 0.4) is 0 Å². The molecule has 1 heterocycles. The van der Waals surface area contributed by atoms with Gasteiger partial charge in [0.1, 0.15) is 5.75 Å². The molecule has 0 spiro atoms. The molecule has 0 atom stereocenters. The summed E-state index contributed by atoms with van der Waals surface area (Å²) < 4.78 is 5.18. The van der Waals surface area contributed by atoms with Gasteiger partial charge in [-0.3, -0.25) is 0 Å². The summed E-state index contributed by atoms with van der Waals surface area (Å²) in [5, 5.41) is 1.16. The van der Waals surface area contributed by atoms with E-state index in [9.17, 15) is 0 Å². The highest BCUT2D eigenvalue weighted by Gasteiger charge is 2.07. The van der Waals surface area contributed by atoms with Crippen LogP contribution in [0.15, 0.2) is 18.2 Å². The molecule has 2 rings (SSSR count). The van der Waals surface area contributed by atoms with Gasteiger partial charge in [0.25, 0.3) is 0 Å². The molecule has 0 aliphatic rings. The van der Waals surface area contributed by atoms with Crippen molar-refractivity contribution in [3.8, 4) is 5.75 Å². The number of rotatable bonds is 2. The van der Waals surface area contributed by atoms with E-state index in [2.05, 4.69) is 4.98 Å². The van der Waals surface area contributed by atoms with Crippen LogP contribution in [0, 0.1) is 6.92 Å². The summed E-state index contributed by atoms with van der Waals surface area (Å²) >= 11 is 0. The highest BCUT2D eigenvalue weighted by molar-refractivity contribution is 5.85. The Balaban J connectivity index is 2.71. The predicted molar refractivity (Wildman–Crippen MR) is 57.5 cm³/mol. The van der Waals surface area contributed by atoms with E-state index in [0.29, 0.717) is 6.54 Å². The zero-order chi connectivity index (χ0) is 10.1. The molecule has 0 radical (unpaired) electrons. The van der Waals surface area contributed by atoms with Gasteiger partial charge in [0.2, 0.25) is 0 Å². The molecule has 3 nitrogen and oxygen atoms in total. The fourth-order valence-electron chi connectivity index (χ4n) is 1.75. The van der Waals surface area contributed by atoms with E-state index in [0.717, 1.165) is 22.3 Å². The molecule has 1 aromatic carbocycles. The second-order valence-corrected chi connectivity index (χ2v) is 3.34. The summed E-state index contributed by atoms with van der Waals surface area (Å²) in [6.07, 6.45) is 0. The van der Waals surface area contributed by atoms with E-state index >= 15 is 0 Å². The first-order valence-corrected chi connectivity index (χ1v) is 4.61. The lowest BCUT2D eigenvalue weighted by atomic mass is 10.1. The van der Waals surface area contributed by atoms with Gasteiger partial charge >= 0.3 is 0 Å². The fraction of sp³-hybridized carbons (Fsp3) is 0.273. The molecule has 0 amide bonds. The molecular weight excluding hydrogens is 176 g/mol. The number of benzene rings is 1.